The van der Waals surface area contributed by atoms with Crippen molar-refractivity contribution in [2.75, 3.05) is 11.1 Å². The van der Waals surface area contributed by atoms with Gasteiger partial charge in [0.15, 0.2) is 0 Å². The molecule has 1 aliphatic carbocycles. The molecule has 0 saturated carbocycles. The Balaban J connectivity index is 0.00000280. The van der Waals surface area contributed by atoms with E-state index in [-0.39, 0.29) is 30.3 Å². The second-order valence-corrected chi connectivity index (χ2v) is 8.13. The van der Waals surface area contributed by atoms with Crippen molar-refractivity contribution in [3.05, 3.63) is 59.2 Å². The van der Waals surface area contributed by atoms with E-state index in [9.17, 15) is 9.59 Å². The van der Waals surface area contributed by atoms with Crippen molar-refractivity contribution in [3.8, 4) is 0 Å². The van der Waals surface area contributed by atoms with E-state index >= 15 is 0 Å². The maximum atomic E-state index is 13.0. The molecule has 2 aromatic carbocycles. The summed E-state index contributed by atoms with van der Waals surface area (Å²) in [6.45, 7) is 5.53. The molecular formula is C22H28ClN3O2. The van der Waals surface area contributed by atoms with Gasteiger partial charge in [-0.1, -0.05) is 39.0 Å². The van der Waals surface area contributed by atoms with Gasteiger partial charge in [0, 0.05) is 11.1 Å². The van der Waals surface area contributed by atoms with Crippen LogP contribution in [0.1, 0.15) is 61.1 Å². The molecule has 1 aliphatic rings. The molecule has 0 fully saturated rings. The quantitative estimate of drug-likeness (QED) is 0.663. The van der Waals surface area contributed by atoms with Crippen LogP contribution in [0.5, 0.6) is 0 Å². The summed E-state index contributed by atoms with van der Waals surface area (Å²) < 4.78 is 0. The highest BCUT2D eigenvalue weighted by atomic mass is 35.5. The van der Waals surface area contributed by atoms with Crippen LogP contribution >= 0.6 is 12.4 Å². The second kappa shape index (κ2) is 8.65. The minimum atomic E-state index is -0.536. The molecule has 28 heavy (non-hydrogen) atoms. The molecule has 1 unspecified atom stereocenters. The molecule has 2 amide bonds. The number of fused-ring (bicyclic) bond motifs is 1. The number of carbonyl (C=O) groups is 2. The molecule has 3 rings (SSSR count). The Labute approximate surface area is 172 Å². The van der Waals surface area contributed by atoms with Gasteiger partial charge in [-0.3, -0.25) is 9.59 Å². The Bertz CT molecular complexity index is 874. The summed E-state index contributed by atoms with van der Waals surface area (Å²) in [4.78, 5) is 25.3. The number of rotatable bonds is 3. The number of nitrogens with two attached hydrogens (primary N) is 1. The normalized spacial score (nSPS) is 15.8. The predicted octanol–water partition coefficient (Wildman–Crippen LogP) is 4.48. The van der Waals surface area contributed by atoms with Crippen LogP contribution in [0.2, 0.25) is 0 Å². The van der Waals surface area contributed by atoms with E-state index in [1.165, 1.54) is 5.56 Å². The maximum absolute atomic E-state index is 13.0. The number of para-hydroxylation sites is 1. The number of amides is 2. The smallest absolute Gasteiger partial charge is 0.253 e. The first kappa shape index (κ1) is 21.8. The first-order valence-corrected chi connectivity index (χ1v) is 9.35. The summed E-state index contributed by atoms with van der Waals surface area (Å²) in [6, 6.07) is 12.9. The summed E-state index contributed by atoms with van der Waals surface area (Å²) in [6.07, 6.45) is 2.87. The number of halogens is 1. The molecule has 0 spiro atoms. The van der Waals surface area contributed by atoms with Crippen molar-refractivity contribution >= 4 is 35.6 Å². The third-order valence-electron chi connectivity index (χ3n) is 4.89. The number of nitrogens with one attached hydrogen (secondary N) is 2. The Morgan fingerprint density at radius 3 is 2.54 bits per heavy atom. The van der Waals surface area contributed by atoms with Gasteiger partial charge in [0.2, 0.25) is 5.91 Å². The molecule has 6 heteroatoms. The summed E-state index contributed by atoms with van der Waals surface area (Å²) in [5.41, 5.74) is 9.42. The van der Waals surface area contributed by atoms with Crippen molar-refractivity contribution in [2.45, 2.75) is 46.1 Å². The molecule has 2 aromatic rings. The largest absolute Gasteiger partial charge is 0.399 e. The number of hydrogen-bond acceptors (Lipinski definition) is 3. The van der Waals surface area contributed by atoms with E-state index in [0.717, 1.165) is 30.5 Å². The van der Waals surface area contributed by atoms with E-state index in [0.29, 0.717) is 11.3 Å². The number of nitrogen functional groups attached to an aromatic ring is 1. The Kier molecular flexibility index (Phi) is 6.73. The summed E-state index contributed by atoms with van der Waals surface area (Å²) >= 11 is 0. The van der Waals surface area contributed by atoms with Crippen LogP contribution in [0.25, 0.3) is 0 Å². The number of aryl methyl sites for hydroxylation is 1. The number of anilines is 2. The van der Waals surface area contributed by atoms with E-state index in [1.54, 1.807) is 18.2 Å². The molecule has 1 atom stereocenters. The molecular weight excluding hydrogens is 374 g/mol. The first-order chi connectivity index (χ1) is 12.8. The molecule has 0 saturated heterocycles. The fraction of sp³-hybridized carbons (Fsp3) is 0.364. The molecule has 150 valence electrons. The van der Waals surface area contributed by atoms with Crippen LogP contribution in [-0.4, -0.2) is 11.8 Å². The highest BCUT2D eigenvalue weighted by Gasteiger charge is 2.25. The van der Waals surface area contributed by atoms with Gasteiger partial charge < -0.3 is 16.4 Å². The highest BCUT2D eigenvalue weighted by Crippen LogP contribution is 2.31. The van der Waals surface area contributed by atoms with Crippen molar-refractivity contribution in [1.82, 2.24) is 5.32 Å². The van der Waals surface area contributed by atoms with E-state index in [2.05, 4.69) is 10.6 Å². The minimum absolute atomic E-state index is 0. The zero-order chi connectivity index (χ0) is 19.6. The summed E-state index contributed by atoms with van der Waals surface area (Å²) in [5.74, 6) is -0.310. The minimum Gasteiger partial charge on any atom is -0.399 e. The topological polar surface area (TPSA) is 84.2 Å². The number of hydrogen-bond donors (Lipinski definition) is 3. The van der Waals surface area contributed by atoms with Crippen LogP contribution in [0.3, 0.4) is 0 Å². The van der Waals surface area contributed by atoms with E-state index in [1.807, 2.05) is 45.0 Å². The Hall–Kier alpha value is -2.53. The van der Waals surface area contributed by atoms with Gasteiger partial charge in [-0.15, -0.1) is 12.4 Å². The molecule has 0 heterocycles. The SMILES string of the molecule is CC(C)(C)C(=O)Nc1ccccc1C(=O)NC1CCCc2cc(N)ccc21.Cl. The number of benzene rings is 2. The van der Waals surface area contributed by atoms with Crippen LogP contribution in [0.4, 0.5) is 11.4 Å². The van der Waals surface area contributed by atoms with Gasteiger partial charge in [0.1, 0.15) is 0 Å². The lowest BCUT2D eigenvalue weighted by Gasteiger charge is -2.27. The monoisotopic (exact) mass is 401 g/mol. The molecule has 0 aliphatic heterocycles. The fourth-order valence-corrected chi connectivity index (χ4v) is 3.32. The zero-order valence-corrected chi connectivity index (χ0v) is 17.4. The van der Waals surface area contributed by atoms with Crippen LogP contribution in [-0.2, 0) is 11.2 Å². The third kappa shape index (κ3) is 4.84. The lowest BCUT2D eigenvalue weighted by atomic mass is 9.87. The molecule has 5 nitrogen and oxygen atoms in total. The van der Waals surface area contributed by atoms with E-state index < -0.39 is 5.41 Å². The first-order valence-electron chi connectivity index (χ1n) is 9.35. The van der Waals surface area contributed by atoms with Gasteiger partial charge in [-0.25, -0.2) is 0 Å². The van der Waals surface area contributed by atoms with Crippen molar-refractivity contribution in [1.29, 1.82) is 0 Å². The number of carbonyl (C=O) groups excluding carboxylic acids is 2. The third-order valence-corrected chi connectivity index (χ3v) is 4.89. The van der Waals surface area contributed by atoms with E-state index in [4.69, 9.17) is 5.73 Å². The second-order valence-electron chi connectivity index (χ2n) is 8.13. The van der Waals surface area contributed by atoms with Gasteiger partial charge >= 0.3 is 0 Å². The lowest BCUT2D eigenvalue weighted by molar-refractivity contribution is -0.123. The van der Waals surface area contributed by atoms with Crippen LogP contribution in [0, 0.1) is 5.41 Å². The maximum Gasteiger partial charge on any atom is 0.253 e. The van der Waals surface area contributed by atoms with Crippen molar-refractivity contribution < 1.29 is 9.59 Å². The fourth-order valence-electron chi connectivity index (χ4n) is 3.32. The van der Waals surface area contributed by atoms with Crippen molar-refractivity contribution in [3.63, 3.8) is 0 Å². The zero-order valence-electron chi connectivity index (χ0n) is 16.5. The van der Waals surface area contributed by atoms with Crippen molar-refractivity contribution in [2.24, 2.45) is 5.41 Å². The highest BCUT2D eigenvalue weighted by molar-refractivity contribution is 6.04. The Morgan fingerprint density at radius 2 is 1.82 bits per heavy atom. The average molecular weight is 402 g/mol. The van der Waals surface area contributed by atoms with Gasteiger partial charge in [-0.2, -0.15) is 0 Å². The van der Waals surface area contributed by atoms with Gasteiger partial charge in [-0.05, 0) is 54.7 Å². The Morgan fingerprint density at radius 1 is 1.11 bits per heavy atom. The molecule has 0 bridgehead atoms. The van der Waals surface area contributed by atoms with Crippen LogP contribution in [0.15, 0.2) is 42.5 Å². The summed E-state index contributed by atoms with van der Waals surface area (Å²) in [7, 11) is 0. The van der Waals surface area contributed by atoms with Gasteiger partial charge in [0.05, 0.1) is 17.3 Å². The molecule has 4 N–H and O–H groups in total. The summed E-state index contributed by atoms with van der Waals surface area (Å²) in [5, 5.41) is 6.01. The standard InChI is InChI=1S/C22H27N3O2.ClH/c1-22(2,3)21(27)25-19-9-5-4-8-17(19)20(26)24-18-10-6-7-14-13-15(23)11-12-16(14)18;/h4-5,8-9,11-13,18H,6-7,10,23H2,1-3H3,(H,24,26)(H,25,27);1H. The predicted molar refractivity (Wildman–Crippen MR) is 116 cm³/mol. The molecule has 0 aromatic heterocycles. The van der Waals surface area contributed by atoms with Crippen LogP contribution < -0.4 is 16.4 Å². The average Bonchev–Trinajstić information content (AvgIpc) is 2.61. The molecule has 0 radical (unpaired) electrons. The lowest BCUT2D eigenvalue weighted by Crippen LogP contribution is -2.33. The van der Waals surface area contributed by atoms with Gasteiger partial charge in [0.25, 0.3) is 5.91 Å².